The molecule has 0 radical (unpaired) electrons. The Morgan fingerprint density at radius 3 is 2.88 bits per heavy atom. The minimum atomic E-state index is 0.0126. The van der Waals surface area contributed by atoms with Gasteiger partial charge in [0.15, 0.2) is 0 Å². The molecule has 0 amide bonds. The highest BCUT2D eigenvalue weighted by molar-refractivity contribution is 5.39. The van der Waals surface area contributed by atoms with Crippen molar-refractivity contribution in [1.82, 2.24) is 14.7 Å². The normalized spacial score (nSPS) is 17.9. The number of aromatic nitrogens is 2. The summed E-state index contributed by atoms with van der Waals surface area (Å²) in [5.74, 6) is 1.62. The second-order valence-corrected chi connectivity index (χ2v) is 7.57. The van der Waals surface area contributed by atoms with Crippen molar-refractivity contribution < 1.29 is 4.74 Å². The van der Waals surface area contributed by atoms with Crippen molar-refractivity contribution in [3.63, 3.8) is 0 Å². The van der Waals surface area contributed by atoms with Crippen molar-refractivity contribution in [3.05, 3.63) is 57.5 Å². The quantitative estimate of drug-likeness (QED) is 0.828. The molecule has 2 aliphatic heterocycles. The average Bonchev–Trinajstić information content (AvgIpc) is 3.12. The molecule has 0 unspecified atom stereocenters. The molecule has 0 bridgehead atoms. The molecule has 3 heterocycles. The number of aryl methyl sites for hydroxylation is 1. The van der Waals surface area contributed by atoms with Crippen molar-refractivity contribution in [1.29, 1.82) is 0 Å². The zero-order valence-electron chi connectivity index (χ0n) is 15.5. The van der Waals surface area contributed by atoms with Gasteiger partial charge in [-0.2, -0.15) is 5.10 Å². The van der Waals surface area contributed by atoms with Crippen LogP contribution in [0.4, 0.5) is 0 Å². The third-order valence-corrected chi connectivity index (χ3v) is 5.61. The number of fused-ring (bicyclic) bond motifs is 1. The molecule has 2 aromatic rings. The van der Waals surface area contributed by atoms with Gasteiger partial charge in [0, 0.05) is 25.6 Å². The molecule has 5 nitrogen and oxygen atoms in total. The van der Waals surface area contributed by atoms with E-state index >= 15 is 0 Å². The molecule has 0 atom stereocenters. The van der Waals surface area contributed by atoms with Crippen LogP contribution in [0.3, 0.4) is 0 Å². The van der Waals surface area contributed by atoms with Gasteiger partial charge in [-0.3, -0.25) is 4.79 Å². The van der Waals surface area contributed by atoms with E-state index in [9.17, 15) is 4.79 Å². The zero-order valence-corrected chi connectivity index (χ0v) is 15.5. The molecule has 2 aliphatic rings. The lowest BCUT2D eigenvalue weighted by Crippen LogP contribution is -2.37. The number of ether oxygens (including phenoxy) is 1. The van der Waals surface area contributed by atoms with E-state index in [1.807, 2.05) is 6.92 Å². The van der Waals surface area contributed by atoms with Crippen LogP contribution in [0, 0.1) is 12.8 Å². The molecule has 0 spiro atoms. The van der Waals surface area contributed by atoms with Crippen molar-refractivity contribution in [2.75, 3.05) is 26.2 Å². The fourth-order valence-electron chi connectivity index (χ4n) is 4.00. The molecular formula is C21H27N3O2. The maximum absolute atomic E-state index is 11.9. The van der Waals surface area contributed by atoms with E-state index in [-0.39, 0.29) is 5.56 Å². The predicted octanol–water partition coefficient (Wildman–Crippen LogP) is 2.44. The molecule has 1 aromatic heterocycles. The number of nitrogens with zero attached hydrogens (tertiary/aromatic N) is 3. The lowest BCUT2D eigenvalue weighted by molar-refractivity contribution is 0.171. The molecule has 0 aliphatic carbocycles. The number of likely N-dealkylation sites (tertiary alicyclic amines) is 1. The van der Waals surface area contributed by atoms with Crippen LogP contribution in [0.2, 0.25) is 0 Å². The van der Waals surface area contributed by atoms with Gasteiger partial charge in [0.1, 0.15) is 5.75 Å². The Balaban J connectivity index is 1.26. The van der Waals surface area contributed by atoms with Crippen LogP contribution in [-0.4, -0.2) is 40.9 Å². The van der Waals surface area contributed by atoms with E-state index in [1.54, 1.807) is 16.8 Å². The molecule has 1 fully saturated rings. The number of hydrogen-bond donors (Lipinski definition) is 0. The van der Waals surface area contributed by atoms with Crippen LogP contribution in [0.1, 0.15) is 29.7 Å². The molecule has 0 N–H and O–H groups in total. The van der Waals surface area contributed by atoms with Crippen molar-refractivity contribution in [3.8, 4) is 5.75 Å². The topological polar surface area (TPSA) is 47.4 Å². The van der Waals surface area contributed by atoms with Crippen molar-refractivity contribution >= 4 is 0 Å². The molecular weight excluding hydrogens is 326 g/mol. The van der Waals surface area contributed by atoms with Gasteiger partial charge in [0.25, 0.3) is 5.56 Å². The highest BCUT2D eigenvalue weighted by Crippen LogP contribution is 2.26. The molecule has 26 heavy (non-hydrogen) atoms. The Bertz CT molecular complexity index is 822. The monoisotopic (exact) mass is 353 g/mol. The van der Waals surface area contributed by atoms with Crippen molar-refractivity contribution in [2.45, 2.75) is 39.2 Å². The minimum absolute atomic E-state index is 0.0126. The maximum atomic E-state index is 11.9. The van der Waals surface area contributed by atoms with Gasteiger partial charge in [-0.25, -0.2) is 4.68 Å². The van der Waals surface area contributed by atoms with E-state index in [0.29, 0.717) is 5.92 Å². The van der Waals surface area contributed by atoms with Gasteiger partial charge in [-0.1, -0.05) is 12.1 Å². The number of hydrogen-bond acceptors (Lipinski definition) is 4. The largest absolute Gasteiger partial charge is 0.493 e. The van der Waals surface area contributed by atoms with Gasteiger partial charge in [0.05, 0.1) is 12.3 Å². The third kappa shape index (κ3) is 3.98. The van der Waals surface area contributed by atoms with Crippen LogP contribution in [0.25, 0.3) is 0 Å². The molecule has 1 saturated heterocycles. The molecule has 138 valence electrons. The van der Waals surface area contributed by atoms with E-state index < -0.39 is 0 Å². The Kier molecular flexibility index (Phi) is 5.07. The summed E-state index contributed by atoms with van der Waals surface area (Å²) in [5, 5.41) is 4.37. The lowest BCUT2D eigenvalue weighted by atomic mass is 9.96. The smallest absolute Gasteiger partial charge is 0.266 e. The fourth-order valence-corrected chi connectivity index (χ4v) is 4.00. The first-order valence-electron chi connectivity index (χ1n) is 9.69. The Labute approximate surface area is 154 Å². The Morgan fingerprint density at radius 1 is 1.19 bits per heavy atom. The van der Waals surface area contributed by atoms with E-state index in [4.69, 9.17) is 4.74 Å². The molecule has 4 rings (SSSR count). The summed E-state index contributed by atoms with van der Waals surface area (Å²) in [5.41, 5.74) is 3.68. The minimum Gasteiger partial charge on any atom is -0.493 e. The van der Waals surface area contributed by atoms with Crippen LogP contribution in [0.5, 0.6) is 5.75 Å². The number of benzene rings is 1. The highest BCUT2D eigenvalue weighted by Gasteiger charge is 2.20. The Hall–Kier alpha value is -2.14. The summed E-state index contributed by atoms with van der Waals surface area (Å²) in [6, 6.07) is 10.0. The summed E-state index contributed by atoms with van der Waals surface area (Å²) >= 11 is 0. The Morgan fingerprint density at radius 2 is 2.04 bits per heavy atom. The highest BCUT2D eigenvalue weighted by atomic mass is 16.5. The maximum Gasteiger partial charge on any atom is 0.266 e. The molecule has 0 saturated carbocycles. The van der Waals surface area contributed by atoms with Gasteiger partial charge in [-0.05, 0) is 68.5 Å². The van der Waals surface area contributed by atoms with Gasteiger partial charge >= 0.3 is 0 Å². The number of rotatable bonds is 5. The summed E-state index contributed by atoms with van der Waals surface area (Å²) in [7, 11) is 0. The van der Waals surface area contributed by atoms with Gasteiger partial charge in [-0.15, -0.1) is 0 Å². The summed E-state index contributed by atoms with van der Waals surface area (Å²) in [6.07, 6.45) is 4.41. The second kappa shape index (κ2) is 7.62. The van der Waals surface area contributed by atoms with Crippen LogP contribution in [0.15, 0.2) is 35.1 Å². The first-order valence-corrected chi connectivity index (χ1v) is 9.69. The standard InChI is InChI=1S/C21H27N3O2/c1-16-2-5-21(25)24(22-16)15-18-7-11-23(12-8-18)10-6-17-3-4-20-19(14-17)9-13-26-20/h2-5,14,18H,6-13,15H2,1H3. The average molecular weight is 353 g/mol. The van der Waals surface area contributed by atoms with E-state index in [1.165, 1.54) is 11.1 Å². The first kappa shape index (κ1) is 17.3. The molecule has 5 heteroatoms. The summed E-state index contributed by atoms with van der Waals surface area (Å²) < 4.78 is 7.23. The first-order chi connectivity index (χ1) is 12.7. The van der Waals surface area contributed by atoms with Crippen molar-refractivity contribution in [2.24, 2.45) is 5.92 Å². The van der Waals surface area contributed by atoms with E-state index in [0.717, 1.165) is 69.9 Å². The second-order valence-electron chi connectivity index (χ2n) is 7.57. The summed E-state index contributed by atoms with van der Waals surface area (Å²) in [4.78, 5) is 14.5. The fraction of sp³-hybridized carbons (Fsp3) is 0.524. The predicted molar refractivity (Wildman–Crippen MR) is 102 cm³/mol. The summed E-state index contributed by atoms with van der Waals surface area (Å²) in [6.45, 7) is 6.83. The lowest BCUT2D eigenvalue weighted by Gasteiger charge is -2.32. The number of piperidine rings is 1. The molecule has 1 aromatic carbocycles. The SMILES string of the molecule is Cc1ccc(=O)n(CC2CCN(CCc3ccc4c(c3)CCO4)CC2)n1. The van der Waals surface area contributed by atoms with Gasteiger partial charge < -0.3 is 9.64 Å². The zero-order chi connectivity index (χ0) is 17.9. The van der Waals surface area contributed by atoms with Crippen LogP contribution in [-0.2, 0) is 19.4 Å². The van der Waals surface area contributed by atoms with Crippen LogP contribution < -0.4 is 10.3 Å². The van der Waals surface area contributed by atoms with Gasteiger partial charge in [0.2, 0.25) is 0 Å². The van der Waals surface area contributed by atoms with Crippen LogP contribution >= 0.6 is 0 Å². The van der Waals surface area contributed by atoms with E-state index in [2.05, 4.69) is 28.2 Å². The third-order valence-electron chi connectivity index (χ3n) is 5.61.